The number of anilines is 2. The van der Waals surface area contributed by atoms with Crippen molar-refractivity contribution >= 4 is 44.5 Å². The summed E-state index contributed by atoms with van der Waals surface area (Å²) in [4.78, 5) is 11.4. The summed E-state index contributed by atoms with van der Waals surface area (Å²) in [6.45, 7) is 5.43. The molecule has 25 heavy (non-hydrogen) atoms. The van der Waals surface area contributed by atoms with E-state index < -0.39 is 12.0 Å². The fourth-order valence-electron chi connectivity index (χ4n) is 2.23. The zero-order valence-electron chi connectivity index (χ0n) is 13.0. The molecular weight excluding hydrogens is 397 g/mol. The molecule has 2 heterocycles. The number of benzene rings is 1. The van der Waals surface area contributed by atoms with Gasteiger partial charge in [-0.1, -0.05) is 34.7 Å². The third kappa shape index (κ3) is 3.48. The highest BCUT2D eigenvalue weighted by atomic mass is 79.9. The zero-order valence-corrected chi connectivity index (χ0v) is 14.6. The minimum absolute atomic E-state index is 0.00543. The largest absolute Gasteiger partial charge is 0.451 e. The highest BCUT2D eigenvalue weighted by Crippen LogP contribution is 2.32. The lowest BCUT2D eigenvalue weighted by Crippen LogP contribution is -2.13. The maximum absolute atomic E-state index is 13.2. The second kappa shape index (κ2) is 6.44. The second-order valence-corrected chi connectivity index (χ2v) is 6.13. The average Bonchev–Trinajstić information content (AvgIpc) is 2.57. The Balaban J connectivity index is 2.21. The number of fused-ring (bicyclic) bond motifs is 1. The molecule has 8 heteroatoms. The van der Waals surface area contributed by atoms with Crippen molar-refractivity contribution in [1.82, 2.24) is 15.0 Å². The van der Waals surface area contributed by atoms with Gasteiger partial charge in [-0.15, -0.1) is 0 Å². The molecule has 1 N–H and O–H groups in total. The van der Waals surface area contributed by atoms with Crippen LogP contribution in [0.5, 0.6) is 0 Å². The molecule has 0 aliphatic carbocycles. The fraction of sp³-hybridized carbons (Fsp3) is 0.118. The van der Waals surface area contributed by atoms with Gasteiger partial charge in [-0.25, -0.2) is 9.97 Å². The summed E-state index contributed by atoms with van der Waals surface area (Å²) in [5, 5.41) is 2.94. The lowest BCUT2D eigenvalue weighted by Gasteiger charge is -2.14. The van der Waals surface area contributed by atoms with E-state index in [1.165, 1.54) is 18.3 Å². The molecule has 0 radical (unpaired) electrons. The number of aromatic nitrogens is 3. The smallest absolute Gasteiger partial charge is 0.338 e. The van der Waals surface area contributed by atoms with E-state index in [1.807, 2.05) is 13.0 Å². The Morgan fingerprint density at radius 3 is 2.68 bits per heavy atom. The van der Waals surface area contributed by atoms with Crippen LogP contribution in [0.15, 0.2) is 41.5 Å². The maximum Gasteiger partial charge on any atom is 0.451 e. The monoisotopic (exact) mass is 408 g/mol. The van der Waals surface area contributed by atoms with Gasteiger partial charge in [0.1, 0.15) is 5.52 Å². The Morgan fingerprint density at radius 2 is 2.00 bits per heavy atom. The summed E-state index contributed by atoms with van der Waals surface area (Å²) in [5.74, 6) is -1.23. The molecule has 128 valence electrons. The van der Waals surface area contributed by atoms with Crippen molar-refractivity contribution < 1.29 is 13.2 Å². The lowest BCUT2D eigenvalue weighted by atomic mass is 10.2. The first-order chi connectivity index (χ1) is 11.8. The standard InChI is InChI=1S/C17H12BrF3N4/c1-3-10-7-13-14(22-8-10)15(25-16(24-13)17(19,20)21)23-12-6-4-5-11(18)9(12)2/h3-8H,1H2,2H3,(H,23,24,25). The van der Waals surface area contributed by atoms with Crippen LogP contribution in [0.4, 0.5) is 24.7 Å². The molecule has 0 unspecified atom stereocenters. The summed E-state index contributed by atoms with van der Waals surface area (Å²) in [6, 6.07) is 6.86. The van der Waals surface area contributed by atoms with Crippen LogP contribution in [-0.2, 0) is 6.18 Å². The van der Waals surface area contributed by atoms with Crippen molar-refractivity contribution in [3.63, 3.8) is 0 Å². The van der Waals surface area contributed by atoms with Gasteiger partial charge in [-0.3, -0.25) is 4.98 Å². The van der Waals surface area contributed by atoms with Crippen LogP contribution in [0.25, 0.3) is 17.1 Å². The molecule has 0 saturated heterocycles. The molecule has 4 nitrogen and oxygen atoms in total. The summed E-state index contributed by atoms with van der Waals surface area (Å²) >= 11 is 3.39. The van der Waals surface area contributed by atoms with Gasteiger partial charge >= 0.3 is 6.18 Å². The van der Waals surface area contributed by atoms with E-state index in [2.05, 4.69) is 42.8 Å². The Bertz CT molecular complexity index is 970. The van der Waals surface area contributed by atoms with Crippen LogP contribution in [0, 0.1) is 6.92 Å². The average molecular weight is 409 g/mol. The van der Waals surface area contributed by atoms with Gasteiger partial charge in [0.05, 0.1) is 5.52 Å². The highest BCUT2D eigenvalue weighted by molar-refractivity contribution is 9.10. The van der Waals surface area contributed by atoms with Gasteiger partial charge in [0.2, 0.25) is 5.82 Å². The number of nitrogens with one attached hydrogen (secondary N) is 1. The van der Waals surface area contributed by atoms with Crippen molar-refractivity contribution in [1.29, 1.82) is 0 Å². The number of alkyl halides is 3. The van der Waals surface area contributed by atoms with Crippen molar-refractivity contribution in [3.8, 4) is 0 Å². The van der Waals surface area contributed by atoms with Crippen LogP contribution in [0.3, 0.4) is 0 Å². The minimum atomic E-state index is -4.67. The van der Waals surface area contributed by atoms with Crippen molar-refractivity contribution in [2.75, 3.05) is 5.32 Å². The number of pyridine rings is 1. The third-order valence-corrected chi connectivity index (χ3v) is 4.43. The van der Waals surface area contributed by atoms with Gasteiger partial charge in [0.25, 0.3) is 0 Å². The van der Waals surface area contributed by atoms with Crippen molar-refractivity contribution in [3.05, 3.63) is 58.5 Å². The molecule has 0 bridgehead atoms. The molecule has 0 atom stereocenters. The third-order valence-electron chi connectivity index (χ3n) is 3.57. The molecule has 0 fully saturated rings. The molecular formula is C17H12BrF3N4. The number of hydrogen-bond acceptors (Lipinski definition) is 4. The second-order valence-electron chi connectivity index (χ2n) is 5.27. The highest BCUT2D eigenvalue weighted by Gasteiger charge is 2.35. The van der Waals surface area contributed by atoms with Crippen LogP contribution in [0.2, 0.25) is 0 Å². The first-order valence-corrected chi connectivity index (χ1v) is 7.98. The van der Waals surface area contributed by atoms with E-state index in [0.717, 1.165) is 10.0 Å². The van der Waals surface area contributed by atoms with Gasteiger partial charge in [-0.2, -0.15) is 13.2 Å². The van der Waals surface area contributed by atoms with Crippen LogP contribution in [0.1, 0.15) is 17.0 Å². The van der Waals surface area contributed by atoms with Crippen molar-refractivity contribution in [2.45, 2.75) is 13.1 Å². The molecule has 3 aromatic rings. The Morgan fingerprint density at radius 1 is 1.24 bits per heavy atom. The van der Waals surface area contributed by atoms with E-state index in [0.29, 0.717) is 11.3 Å². The summed E-state index contributed by atoms with van der Waals surface area (Å²) in [6.07, 6.45) is -1.67. The Hall–Kier alpha value is -2.48. The molecule has 0 aliphatic heterocycles. The number of rotatable bonds is 3. The lowest BCUT2D eigenvalue weighted by molar-refractivity contribution is -0.144. The van der Waals surface area contributed by atoms with Gasteiger partial charge in [0.15, 0.2) is 5.82 Å². The SMILES string of the molecule is C=Cc1cnc2c(Nc3cccc(Br)c3C)nc(C(F)(F)F)nc2c1. The molecule has 0 amide bonds. The number of nitrogens with zero attached hydrogens (tertiary/aromatic N) is 3. The van der Waals surface area contributed by atoms with E-state index in [4.69, 9.17) is 0 Å². The van der Waals surface area contributed by atoms with E-state index >= 15 is 0 Å². The molecule has 2 aromatic heterocycles. The van der Waals surface area contributed by atoms with Crippen LogP contribution >= 0.6 is 15.9 Å². The van der Waals surface area contributed by atoms with E-state index in [9.17, 15) is 13.2 Å². The predicted octanol–water partition coefficient (Wildman–Crippen LogP) is 5.50. The zero-order chi connectivity index (χ0) is 18.2. The molecule has 0 saturated carbocycles. The summed E-state index contributed by atoms with van der Waals surface area (Å²) in [5.41, 5.74) is 2.37. The van der Waals surface area contributed by atoms with Gasteiger partial charge in [0, 0.05) is 16.4 Å². The summed E-state index contributed by atoms with van der Waals surface area (Å²) < 4.78 is 40.3. The molecule has 0 spiro atoms. The van der Waals surface area contributed by atoms with E-state index in [1.54, 1.807) is 12.1 Å². The molecule has 0 aliphatic rings. The first-order valence-electron chi connectivity index (χ1n) is 7.19. The van der Waals surface area contributed by atoms with Crippen molar-refractivity contribution in [2.24, 2.45) is 0 Å². The normalized spacial score (nSPS) is 11.6. The molecule has 3 rings (SSSR count). The summed E-state index contributed by atoms with van der Waals surface area (Å²) in [7, 11) is 0. The van der Waals surface area contributed by atoms with E-state index in [-0.39, 0.29) is 16.9 Å². The Labute approximate surface area is 150 Å². The number of halogens is 4. The molecule has 1 aromatic carbocycles. The number of hydrogen-bond donors (Lipinski definition) is 1. The van der Waals surface area contributed by atoms with Gasteiger partial charge in [-0.05, 0) is 36.2 Å². The topological polar surface area (TPSA) is 50.7 Å². The fourth-order valence-corrected chi connectivity index (χ4v) is 2.60. The first kappa shape index (κ1) is 17.3. The Kier molecular flexibility index (Phi) is 4.47. The van der Waals surface area contributed by atoms with Crippen LogP contribution in [-0.4, -0.2) is 15.0 Å². The quantitative estimate of drug-likeness (QED) is 0.621. The predicted molar refractivity (Wildman–Crippen MR) is 94.6 cm³/mol. The van der Waals surface area contributed by atoms with Crippen LogP contribution < -0.4 is 5.32 Å². The maximum atomic E-state index is 13.2. The minimum Gasteiger partial charge on any atom is -0.338 e. The van der Waals surface area contributed by atoms with Gasteiger partial charge < -0.3 is 5.32 Å².